The second-order valence-corrected chi connectivity index (χ2v) is 3.71. The van der Waals surface area contributed by atoms with Crippen LogP contribution in [-0.2, 0) is 0 Å². The number of aromatic amines is 2. The monoisotopic (exact) mass is 244 g/mol. The molecule has 0 atom stereocenters. The van der Waals surface area contributed by atoms with Crippen LogP contribution in [0.2, 0.25) is 0 Å². The molecule has 8 nitrogen and oxygen atoms in total. The van der Waals surface area contributed by atoms with Crippen LogP contribution in [0, 0.1) is 0 Å². The zero-order chi connectivity index (χ0) is 12.7. The van der Waals surface area contributed by atoms with Gasteiger partial charge in [0.05, 0.1) is 11.7 Å². The van der Waals surface area contributed by atoms with E-state index in [0.29, 0.717) is 11.2 Å². The number of nitrogens with two attached hydrogens (primary N) is 1. The van der Waals surface area contributed by atoms with Crippen molar-refractivity contribution in [3.63, 3.8) is 0 Å². The van der Waals surface area contributed by atoms with Crippen LogP contribution in [0.5, 0.6) is 0 Å². The molecular weight excluding hydrogens is 236 g/mol. The van der Waals surface area contributed by atoms with Gasteiger partial charge in [-0.3, -0.25) is 9.78 Å². The highest BCUT2D eigenvalue weighted by molar-refractivity contribution is 5.82. The fourth-order valence-corrected chi connectivity index (χ4v) is 1.69. The van der Waals surface area contributed by atoms with E-state index >= 15 is 0 Å². The summed E-state index contributed by atoms with van der Waals surface area (Å²) in [5.74, 6) is -0.0183. The van der Waals surface area contributed by atoms with Gasteiger partial charge in [0.15, 0.2) is 0 Å². The SMILES string of the molecule is Nc1ccc2cnn(-c3n[nH]c(=O)[nH]c3=O)c2c1. The summed E-state index contributed by atoms with van der Waals surface area (Å²) >= 11 is 0. The van der Waals surface area contributed by atoms with Gasteiger partial charge in [-0.05, 0) is 18.2 Å². The van der Waals surface area contributed by atoms with Crippen molar-refractivity contribution in [3.05, 3.63) is 45.2 Å². The molecule has 18 heavy (non-hydrogen) atoms. The quantitative estimate of drug-likeness (QED) is 0.492. The van der Waals surface area contributed by atoms with Crippen molar-refractivity contribution in [2.24, 2.45) is 0 Å². The van der Waals surface area contributed by atoms with Crippen molar-refractivity contribution in [1.29, 1.82) is 0 Å². The van der Waals surface area contributed by atoms with Crippen LogP contribution in [0.4, 0.5) is 5.69 Å². The Morgan fingerprint density at radius 2 is 2.11 bits per heavy atom. The molecule has 2 heterocycles. The lowest BCUT2D eigenvalue weighted by atomic mass is 10.2. The minimum atomic E-state index is -0.667. The highest BCUT2D eigenvalue weighted by Gasteiger charge is 2.10. The first kappa shape index (κ1) is 10.3. The maximum absolute atomic E-state index is 11.6. The first-order valence-electron chi connectivity index (χ1n) is 5.08. The van der Waals surface area contributed by atoms with Gasteiger partial charge in [0.2, 0.25) is 5.82 Å². The average molecular weight is 244 g/mol. The average Bonchev–Trinajstić information content (AvgIpc) is 2.72. The Balaban J connectivity index is 2.35. The fraction of sp³-hybridized carbons (Fsp3) is 0. The van der Waals surface area contributed by atoms with Gasteiger partial charge in [-0.15, -0.1) is 5.10 Å². The van der Waals surface area contributed by atoms with E-state index in [1.54, 1.807) is 24.4 Å². The first-order valence-corrected chi connectivity index (χ1v) is 5.08. The standard InChI is InChI=1S/C10H8N6O2/c11-6-2-1-5-4-12-16(7(5)3-6)8-9(17)13-10(18)15-14-8/h1-4H,11H2,(H2,13,15,17,18). The molecule has 0 aliphatic carbocycles. The summed E-state index contributed by atoms with van der Waals surface area (Å²) < 4.78 is 1.32. The van der Waals surface area contributed by atoms with E-state index in [2.05, 4.69) is 20.3 Å². The van der Waals surface area contributed by atoms with Gasteiger partial charge in [-0.1, -0.05) is 0 Å². The molecule has 90 valence electrons. The number of H-pyrrole nitrogens is 2. The Kier molecular flexibility index (Phi) is 2.03. The molecule has 0 bridgehead atoms. The smallest absolute Gasteiger partial charge is 0.342 e. The molecule has 0 radical (unpaired) electrons. The van der Waals surface area contributed by atoms with E-state index in [0.717, 1.165) is 5.39 Å². The first-order chi connectivity index (χ1) is 8.65. The topological polar surface area (TPSA) is 122 Å². The van der Waals surface area contributed by atoms with Crippen molar-refractivity contribution in [1.82, 2.24) is 25.0 Å². The van der Waals surface area contributed by atoms with E-state index in [4.69, 9.17) is 5.73 Å². The van der Waals surface area contributed by atoms with Gasteiger partial charge < -0.3 is 5.73 Å². The van der Waals surface area contributed by atoms with E-state index < -0.39 is 11.2 Å². The van der Waals surface area contributed by atoms with E-state index in [9.17, 15) is 9.59 Å². The Labute approximate surface area is 99.1 Å². The third-order valence-corrected chi connectivity index (χ3v) is 2.49. The minimum absolute atomic E-state index is 0.0183. The Morgan fingerprint density at radius 3 is 2.89 bits per heavy atom. The summed E-state index contributed by atoms with van der Waals surface area (Å²) in [7, 11) is 0. The second-order valence-electron chi connectivity index (χ2n) is 3.71. The van der Waals surface area contributed by atoms with Crippen LogP contribution in [0.15, 0.2) is 34.0 Å². The van der Waals surface area contributed by atoms with Crippen molar-refractivity contribution < 1.29 is 0 Å². The molecule has 3 aromatic rings. The van der Waals surface area contributed by atoms with Crippen molar-refractivity contribution in [3.8, 4) is 5.82 Å². The number of hydrogen-bond acceptors (Lipinski definition) is 5. The Bertz CT molecular complexity index is 843. The van der Waals surface area contributed by atoms with Crippen LogP contribution in [0.3, 0.4) is 0 Å². The molecule has 0 amide bonds. The van der Waals surface area contributed by atoms with Crippen LogP contribution in [-0.4, -0.2) is 25.0 Å². The Morgan fingerprint density at radius 1 is 1.28 bits per heavy atom. The van der Waals surface area contributed by atoms with E-state index in [-0.39, 0.29) is 5.82 Å². The van der Waals surface area contributed by atoms with Crippen LogP contribution in [0.25, 0.3) is 16.7 Å². The third kappa shape index (κ3) is 1.47. The normalized spacial score (nSPS) is 10.9. The van der Waals surface area contributed by atoms with Gasteiger partial charge in [-0.25, -0.2) is 14.6 Å². The molecule has 0 aliphatic rings. The third-order valence-electron chi connectivity index (χ3n) is 2.49. The van der Waals surface area contributed by atoms with Crippen molar-refractivity contribution >= 4 is 16.6 Å². The maximum atomic E-state index is 11.6. The largest absolute Gasteiger partial charge is 0.399 e. The van der Waals surface area contributed by atoms with Crippen molar-refractivity contribution in [2.75, 3.05) is 5.73 Å². The predicted molar refractivity (Wildman–Crippen MR) is 64.5 cm³/mol. The van der Waals surface area contributed by atoms with Crippen LogP contribution in [0.1, 0.15) is 0 Å². The van der Waals surface area contributed by atoms with E-state index in [1.807, 2.05) is 0 Å². The molecule has 4 N–H and O–H groups in total. The second kappa shape index (κ2) is 3.55. The van der Waals surface area contributed by atoms with Gasteiger partial charge in [0.25, 0.3) is 5.56 Å². The molecule has 2 aromatic heterocycles. The molecule has 0 saturated carbocycles. The number of nitrogen functional groups attached to an aromatic ring is 1. The van der Waals surface area contributed by atoms with Gasteiger partial charge in [0, 0.05) is 11.1 Å². The van der Waals surface area contributed by atoms with Crippen molar-refractivity contribution in [2.45, 2.75) is 0 Å². The zero-order valence-corrected chi connectivity index (χ0v) is 9.04. The number of nitrogens with zero attached hydrogens (tertiary/aromatic N) is 3. The molecule has 0 saturated heterocycles. The number of fused-ring (bicyclic) bond motifs is 1. The lowest BCUT2D eigenvalue weighted by Crippen LogP contribution is -2.28. The molecule has 3 rings (SSSR count). The van der Waals surface area contributed by atoms with E-state index in [1.165, 1.54) is 4.68 Å². The molecule has 0 spiro atoms. The Hall–Kier alpha value is -2.90. The minimum Gasteiger partial charge on any atom is -0.399 e. The number of benzene rings is 1. The summed E-state index contributed by atoms with van der Waals surface area (Å²) in [5, 5.41) is 10.7. The number of aromatic nitrogens is 5. The summed E-state index contributed by atoms with van der Waals surface area (Å²) in [5.41, 5.74) is 5.59. The fourth-order valence-electron chi connectivity index (χ4n) is 1.69. The molecule has 0 unspecified atom stereocenters. The molecule has 0 fully saturated rings. The van der Waals surface area contributed by atoms with Gasteiger partial charge in [-0.2, -0.15) is 5.10 Å². The molecular formula is C10H8N6O2. The predicted octanol–water partition coefficient (Wildman–Crippen LogP) is -0.621. The lowest BCUT2D eigenvalue weighted by molar-refractivity contribution is 0.782. The van der Waals surface area contributed by atoms with Crippen LogP contribution >= 0.6 is 0 Å². The summed E-state index contributed by atoms with van der Waals surface area (Å²) in [4.78, 5) is 24.6. The summed E-state index contributed by atoms with van der Waals surface area (Å²) in [6.07, 6.45) is 1.58. The number of nitrogens with one attached hydrogen (secondary N) is 2. The molecule has 1 aromatic carbocycles. The summed E-state index contributed by atoms with van der Waals surface area (Å²) in [6, 6.07) is 5.20. The van der Waals surface area contributed by atoms with Crippen LogP contribution < -0.4 is 17.0 Å². The number of anilines is 1. The number of rotatable bonds is 1. The maximum Gasteiger partial charge on any atom is 0.342 e. The lowest BCUT2D eigenvalue weighted by Gasteiger charge is -2.00. The zero-order valence-electron chi connectivity index (χ0n) is 9.04. The van der Waals surface area contributed by atoms with Gasteiger partial charge >= 0.3 is 5.69 Å². The molecule has 8 heteroatoms. The molecule has 0 aliphatic heterocycles. The van der Waals surface area contributed by atoms with Gasteiger partial charge in [0.1, 0.15) is 0 Å². The highest BCUT2D eigenvalue weighted by Crippen LogP contribution is 2.18. The summed E-state index contributed by atoms with van der Waals surface area (Å²) in [6.45, 7) is 0. The number of hydrogen-bond donors (Lipinski definition) is 3. The highest BCUT2D eigenvalue weighted by atomic mass is 16.2.